The number of ether oxygens (including phenoxy) is 1. The molecule has 1 atom stereocenters. The maximum absolute atomic E-state index is 5.51. The number of hydrogen-bond donors (Lipinski definition) is 1. The molecule has 0 saturated carbocycles. The summed E-state index contributed by atoms with van der Waals surface area (Å²) in [6.45, 7) is 8.74. The van der Waals surface area contributed by atoms with Crippen molar-refractivity contribution in [2.75, 3.05) is 49.7 Å². The SMILES string of the molecule is Cc1cnc(C)c(NC[C@@]2(N3CCOCC3)CCSC2)n1. The third-order valence-corrected chi connectivity index (χ3v) is 5.66. The molecule has 1 N–H and O–H groups in total. The second kappa shape index (κ2) is 6.50. The van der Waals surface area contributed by atoms with E-state index in [4.69, 9.17) is 4.74 Å². The highest BCUT2D eigenvalue weighted by Gasteiger charge is 2.40. The molecule has 0 unspecified atom stereocenters. The van der Waals surface area contributed by atoms with Gasteiger partial charge in [0.25, 0.3) is 0 Å². The average molecular weight is 308 g/mol. The Balaban J connectivity index is 1.71. The van der Waals surface area contributed by atoms with E-state index in [-0.39, 0.29) is 5.54 Å². The number of aromatic nitrogens is 2. The molecule has 2 fully saturated rings. The van der Waals surface area contributed by atoms with Crippen LogP contribution in [-0.2, 0) is 4.74 Å². The molecule has 0 aliphatic carbocycles. The van der Waals surface area contributed by atoms with Crippen molar-refractivity contribution in [2.24, 2.45) is 0 Å². The van der Waals surface area contributed by atoms with Gasteiger partial charge in [0.05, 0.1) is 24.6 Å². The van der Waals surface area contributed by atoms with Crippen molar-refractivity contribution in [3.05, 3.63) is 17.6 Å². The third-order valence-electron chi connectivity index (χ3n) is 4.43. The highest BCUT2D eigenvalue weighted by Crippen LogP contribution is 2.34. The van der Waals surface area contributed by atoms with Crippen LogP contribution in [0.4, 0.5) is 5.82 Å². The van der Waals surface area contributed by atoms with Crippen LogP contribution in [0, 0.1) is 13.8 Å². The first-order valence-corrected chi connectivity index (χ1v) is 8.80. The van der Waals surface area contributed by atoms with Gasteiger partial charge in [-0.2, -0.15) is 11.8 Å². The van der Waals surface area contributed by atoms with Crippen molar-refractivity contribution in [2.45, 2.75) is 25.8 Å². The summed E-state index contributed by atoms with van der Waals surface area (Å²) < 4.78 is 5.51. The van der Waals surface area contributed by atoms with Crippen LogP contribution in [0.3, 0.4) is 0 Å². The molecule has 1 aromatic rings. The van der Waals surface area contributed by atoms with Crippen LogP contribution in [0.2, 0.25) is 0 Å². The summed E-state index contributed by atoms with van der Waals surface area (Å²) in [5.74, 6) is 3.37. The van der Waals surface area contributed by atoms with Gasteiger partial charge in [-0.3, -0.25) is 9.88 Å². The molecule has 0 amide bonds. The first-order chi connectivity index (χ1) is 10.2. The number of nitrogens with zero attached hydrogens (tertiary/aromatic N) is 3. The van der Waals surface area contributed by atoms with Gasteiger partial charge in [0.2, 0.25) is 0 Å². The Kier molecular flexibility index (Phi) is 4.66. The maximum atomic E-state index is 5.51. The van der Waals surface area contributed by atoms with Crippen LogP contribution in [0.25, 0.3) is 0 Å². The van der Waals surface area contributed by atoms with Crippen LogP contribution in [-0.4, -0.2) is 64.8 Å². The number of anilines is 1. The van der Waals surface area contributed by atoms with Gasteiger partial charge in [-0.1, -0.05) is 0 Å². The summed E-state index contributed by atoms with van der Waals surface area (Å²) in [4.78, 5) is 11.6. The highest BCUT2D eigenvalue weighted by molar-refractivity contribution is 7.99. The van der Waals surface area contributed by atoms with Gasteiger partial charge in [0.15, 0.2) is 0 Å². The normalized spacial score (nSPS) is 27.0. The number of rotatable bonds is 4. The molecule has 3 rings (SSSR count). The van der Waals surface area contributed by atoms with E-state index in [1.807, 2.05) is 20.0 Å². The molecule has 0 aromatic carbocycles. The topological polar surface area (TPSA) is 50.3 Å². The summed E-state index contributed by atoms with van der Waals surface area (Å²) in [6, 6.07) is 0. The Morgan fingerprint density at radius 1 is 1.38 bits per heavy atom. The minimum Gasteiger partial charge on any atom is -0.379 e. The predicted octanol–water partition coefficient (Wildman–Crippen LogP) is 1.71. The number of morpholine rings is 1. The fourth-order valence-electron chi connectivity index (χ4n) is 3.09. The molecule has 0 bridgehead atoms. The zero-order valence-corrected chi connectivity index (χ0v) is 13.7. The van der Waals surface area contributed by atoms with E-state index in [2.05, 4.69) is 31.9 Å². The molecule has 3 heterocycles. The Hall–Kier alpha value is -0.850. The first-order valence-electron chi connectivity index (χ1n) is 7.64. The number of aryl methyl sites for hydroxylation is 2. The summed E-state index contributed by atoms with van der Waals surface area (Å²) >= 11 is 2.06. The summed E-state index contributed by atoms with van der Waals surface area (Å²) in [5.41, 5.74) is 2.18. The monoisotopic (exact) mass is 308 g/mol. The van der Waals surface area contributed by atoms with E-state index in [1.165, 1.54) is 17.9 Å². The Morgan fingerprint density at radius 3 is 2.90 bits per heavy atom. The van der Waals surface area contributed by atoms with E-state index < -0.39 is 0 Å². The van der Waals surface area contributed by atoms with Crippen LogP contribution >= 0.6 is 11.8 Å². The van der Waals surface area contributed by atoms with E-state index in [0.29, 0.717) is 0 Å². The van der Waals surface area contributed by atoms with Crippen molar-refractivity contribution in [3.63, 3.8) is 0 Å². The van der Waals surface area contributed by atoms with Crippen molar-refractivity contribution in [1.29, 1.82) is 0 Å². The molecule has 0 radical (unpaired) electrons. The number of nitrogens with one attached hydrogen (secondary N) is 1. The largest absolute Gasteiger partial charge is 0.379 e. The summed E-state index contributed by atoms with van der Waals surface area (Å²) in [6.07, 6.45) is 3.06. The molecule has 0 spiro atoms. The predicted molar refractivity (Wildman–Crippen MR) is 87.1 cm³/mol. The Bertz CT molecular complexity index is 485. The van der Waals surface area contributed by atoms with E-state index >= 15 is 0 Å². The van der Waals surface area contributed by atoms with Crippen LogP contribution in [0.1, 0.15) is 17.8 Å². The van der Waals surface area contributed by atoms with Gasteiger partial charge in [-0.15, -0.1) is 0 Å². The van der Waals surface area contributed by atoms with Crippen molar-refractivity contribution in [1.82, 2.24) is 14.9 Å². The average Bonchev–Trinajstić information content (AvgIpc) is 2.99. The van der Waals surface area contributed by atoms with E-state index in [1.54, 1.807) is 0 Å². The minimum absolute atomic E-state index is 0.242. The molecular weight excluding hydrogens is 284 g/mol. The smallest absolute Gasteiger partial charge is 0.147 e. The summed E-state index contributed by atoms with van der Waals surface area (Å²) in [7, 11) is 0. The fraction of sp³-hybridized carbons (Fsp3) is 0.733. The van der Waals surface area contributed by atoms with Crippen LogP contribution in [0.5, 0.6) is 0 Å². The van der Waals surface area contributed by atoms with Gasteiger partial charge in [-0.25, -0.2) is 4.98 Å². The lowest BCUT2D eigenvalue weighted by atomic mass is 9.95. The molecule has 5 nitrogen and oxygen atoms in total. The standard InChI is InChI=1S/C15H24N4OS/c1-12-9-16-13(2)14(18-12)17-10-15(3-8-21-11-15)19-4-6-20-7-5-19/h9H,3-8,10-11H2,1-2H3,(H,17,18)/t15-/m0/s1. The van der Waals surface area contributed by atoms with Crippen molar-refractivity contribution in [3.8, 4) is 0 Å². The minimum atomic E-state index is 0.242. The summed E-state index contributed by atoms with van der Waals surface area (Å²) in [5, 5.41) is 3.56. The fourth-order valence-corrected chi connectivity index (χ4v) is 4.57. The van der Waals surface area contributed by atoms with Gasteiger partial charge in [0.1, 0.15) is 5.82 Å². The molecule has 116 valence electrons. The zero-order chi connectivity index (χ0) is 14.7. The lowest BCUT2D eigenvalue weighted by Crippen LogP contribution is -2.57. The molecular formula is C15H24N4OS. The van der Waals surface area contributed by atoms with Crippen LogP contribution < -0.4 is 5.32 Å². The second-order valence-corrected chi connectivity index (χ2v) is 7.03. The second-order valence-electron chi connectivity index (χ2n) is 5.93. The number of hydrogen-bond acceptors (Lipinski definition) is 6. The molecule has 1 aromatic heterocycles. The van der Waals surface area contributed by atoms with Gasteiger partial charge < -0.3 is 10.1 Å². The molecule has 21 heavy (non-hydrogen) atoms. The van der Waals surface area contributed by atoms with Crippen molar-refractivity contribution < 1.29 is 4.74 Å². The number of thioether (sulfide) groups is 1. The Morgan fingerprint density at radius 2 is 2.19 bits per heavy atom. The van der Waals surface area contributed by atoms with Gasteiger partial charge >= 0.3 is 0 Å². The van der Waals surface area contributed by atoms with Crippen molar-refractivity contribution >= 4 is 17.6 Å². The maximum Gasteiger partial charge on any atom is 0.147 e. The molecule has 2 saturated heterocycles. The lowest BCUT2D eigenvalue weighted by Gasteiger charge is -2.43. The molecule has 6 heteroatoms. The third kappa shape index (κ3) is 3.33. The highest BCUT2D eigenvalue weighted by atomic mass is 32.2. The van der Waals surface area contributed by atoms with E-state index in [9.17, 15) is 0 Å². The Labute approximate surface area is 130 Å². The van der Waals surface area contributed by atoms with E-state index in [0.717, 1.165) is 50.1 Å². The first kappa shape index (κ1) is 15.1. The quantitative estimate of drug-likeness (QED) is 0.914. The van der Waals surface area contributed by atoms with Gasteiger partial charge in [0, 0.05) is 37.1 Å². The molecule has 2 aliphatic rings. The zero-order valence-electron chi connectivity index (χ0n) is 12.9. The van der Waals surface area contributed by atoms with Gasteiger partial charge in [-0.05, 0) is 26.0 Å². The van der Waals surface area contributed by atoms with Crippen LogP contribution in [0.15, 0.2) is 6.20 Å². The molecule has 2 aliphatic heterocycles. The lowest BCUT2D eigenvalue weighted by molar-refractivity contribution is -0.00923.